The second-order valence-electron chi connectivity index (χ2n) is 13.7. The van der Waals surface area contributed by atoms with Gasteiger partial charge in [-0.2, -0.15) is 0 Å². The van der Waals surface area contributed by atoms with Gasteiger partial charge in [0.05, 0.1) is 22.3 Å². The summed E-state index contributed by atoms with van der Waals surface area (Å²) in [7, 11) is -2.22. The smallest absolute Gasteiger partial charge is 0.357 e. The number of thiocarbonyl (C=S) groups is 1. The van der Waals surface area contributed by atoms with E-state index in [1.807, 2.05) is 26.0 Å². The van der Waals surface area contributed by atoms with Gasteiger partial charge < -0.3 is 14.3 Å². The lowest BCUT2D eigenvalue weighted by molar-refractivity contribution is -0.157. The van der Waals surface area contributed by atoms with Crippen LogP contribution in [0.3, 0.4) is 0 Å². The molecule has 250 valence electrons. The lowest BCUT2D eigenvalue weighted by Gasteiger charge is -2.50. The molecule has 0 aromatic heterocycles. The normalized spacial score (nSPS) is 18.4. The van der Waals surface area contributed by atoms with Gasteiger partial charge in [0.1, 0.15) is 5.75 Å². The van der Waals surface area contributed by atoms with Crippen molar-refractivity contribution in [1.82, 2.24) is 4.90 Å². The number of carbonyl (C=O) groups excluding carboxylic acids is 2. The first kappa shape index (κ1) is 38.3. The molecule has 1 heterocycles. The van der Waals surface area contributed by atoms with E-state index in [0.717, 1.165) is 11.1 Å². The number of amides is 1. The zero-order chi connectivity index (χ0) is 34.8. The first-order valence-corrected chi connectivity index (χ1v) is 20.7. The van der Waals surface area contributed by atoms with Crippen LogP contribution in [0.4, 0.5) is 0 Å². The maximum atomic E-state index is 13.9. The highest BCUT2D eigenvalue weighted by Crippen LogP contribution is 2.46. The Labute approximate surface area is 293 Å². The highest BCUT2D eigenvalue weighted by Gasteiger charge is 2.56. The fraction of sp³-hybridized carbons (Fsp3) is 0.471. The Morgan fingerprint density at radius 3 is 2.00 bits per heavy atom. The number of likely N-dealkylation sites (tertiary alicyclic amines) is 1. The number of ether oxygens (including phenoxy) is 1. The summed E-state index contributed by atoms with van der Waals surface area (Å²) in [5.74, 6) is -1.35. The maximum Gasteiger partial charge on any atom is 0.357 e. The Hall–Kier alpha value is -2.15. The minimum atomic E-state index is -2.22. The van der Waals surface area contributed by atoms with E-state index >= 15 is 0 Å². The summed E-state index contributed by atoms with van der Waals surface area (Å²) in [4.78, 5) is 41.9. The predicted molar refractivity (Wildman–Crippen MR) is 196 cm³/mol. The van der Waals surface area contributed by atoms with Crippen molar-refractivity contribution in [1.29, 1.82) is 0 Å². The van der Waals surface area contributed by atoms with Gasteiger partial charge in [0.25, 0.3) is 0 Å². The third-order valence-corrected chi connectivity index (χ3v) is 15.8. The Bertz CT molecular complexity index is 1500. The molecule has 2 aromatic carbocycles. The number of carboxylic acids is 1. The number of carboxylic acid groups (broad SMARTS) is 1. The van der Waals surface area contributed by atoms with E-state index < -0.39 is 37.1 Å². The molecule has 3 atom stereocenters. The number of hydrogen-bond donors (Lipinski definition) is 1. The van der Waals surface area contributed by atoms with Crippen LogP contribution in [0.5, 0.6) is 5.75 Å². The molecule has 1 saturated heterocycles. The van der Waals surface area contributed by atoms with Crippen molar-refractivity contribution in [2.75, 3.05) is 5.75 Å². The summed E-state index contributed by atoms with van der Waals surface area (Å²) in [6.45, 7) is 19.7. The number of thioether (sulfide) groups is 2. The molecule has 1 aliphatic heterocycles. The zero-order valence-corrected chi connectivity index (χ0v) is 32.3. The van der Waals surface area contributed by atoms with E-state index in [0.29, 0.717) is 33.2 Å². The van der Waals surface area contributed by atoms with Gasteiger partial charge >= 0.3 is 5.97 Å². The SMILES string of the molecule is CCS[C@@H]1[C@@H]([C@@H](C)O[Si](C)(C)C(C)(C)C)C(=O)N1C(C(=O)O)=C(Oc1ccc(C(=S)c2ccc(Cl)cc2)cc1)SC(=O)C(C)(C)C. The monoisotopic (exact) mass is 721 g/mol. The van der Waals surface area contributed by atoms with Crippen molar-refractivity contribution in [3.05, 3.63) is 75.5 Å². The largest absolute Gasteiger partial charge is 0.476 e. The van der Waals surface area contributed by atoms with E-state index in [1.165, 1.54) is 16.7 Å². The van der Waals surface area contributed by atoms with Gasteiger partial charge in [0, 0.05) is 10.4 Å². The van der Waals surface area contributed by atoms with Gasteiger partial charge in [0.2, 0.25) is 11.0 Å². The van der Waals surface area contributed by atoms with Crippen LogP contribution in [0, 0.1) is 11.3 Å². The summed E-state index contributed by atoms with van der Waals surface area (Å²) < 4.78 is 12.7. The standard InChI is InChI=1S/C34H44ClNO6S3Si/c1-11-44-29-25(20(2)42-46(9,10)34(6,7)8)28(37)36(29)26(30(38)39)31(45-32(40)33(3,4)5)41-24-18-14-22(15-19-24)27(43)21-12-16-23(35)17-13-21/h12-20,25,29H,11H2,1-10H3,(H,38,39)/t20-,25+,29-/m1/s1. The lowest BCUT2D eigenvalue weighted by Crippen LogP contribution is -2.64. The fourth-order valence-corrected chi connectivity index (χ4v) is 8.38. The van der Waals surface area contributed by atoms with Crippen LogP contribution in [0.1, 0.15) is 66.5 Å². The molecular weight excluding hydrogens is 678 g/mol. The van der Waals surface area contributed by atoms with Crippen LogP contribution in [0.25, 0.3) is 0 Å². The summed E-state index contributed by atoms with van der Waals surface area (Å²) in [5.41, 5.74) is 0.408. The quantitative estimate of drug-likeness (QED) is 0.0576. The van der Waals surface area contributed by atoms with Crippen molar-refractivity contribution < 1.29 is 28.7 Å². The molecule has 46 heavy (non-hydrogen) atoms. The minimum Gasteiger partial charge on any atom is -0.476 e. The second kappa shape index (κ2) is 14.9. The van der Waals surface area contributed by atoms with Crippen LogP contribution in [0.2, 0.25) is 23.2 Å². The van der Waals surface area contributed by atoms with Crippen LogP contribution in [-0.4, -0.2) is 57.4 Å². The Kier molecular flexibility index (Phi) is 12.4. The van der Waals surface area contributed by atoms with E-state index in [4.69, 9.17) is 33.0 Å². The first-order valence-electron chi connectivity index (χ1n) is 15.1. The molecule has 2 aromatic rings. The predicted octanol–water partition coefficient (Wildman–Crippen LogP) is 8.99. The van der Waals surface area contributed by atoms with Gasteiger partial charge in [-0.05, 0) is 90.1 Å². The molecule has 1 fully saturated rings. The maximum absolute atomic E-state index is 13.9. The molecule has 0 aliphatic carbocycles. The van der Waals surface area contributed by atoms with Gasteiger partial charge in [-0.15, -0.1) is 11.8 Å². The molecule has 0 unspecified atom stereocenters. The molecule has 7 nitrogen and oxygen atoms in total. The number of aliphatic carboxylic acids is 1. The molecule has 0 radical (unpaired) electrons. The van der Waals surface area contributed by atoms with E-state index in [1.54, 1.807) is 57.2 Å². The number of benzene rings is 2. The van der Waals surface area contributed by atoms with Crippen LogP contribution < -0.4 is 4.74 Å². The zero-order valence-electron chi connectivity index (χ0n) is 28.1. The minimum absolute atomic E-state index is 0.0632. The van der Waals surface area contributed by atoms with Gasteiger partial charge in [-0.1, -0.05) is 84.4 Å². The number of β-lactam (4-membered cyclic amide) rings is 1. The van der Waals surface area contributed by atoms with Crippen molar-refractivity contribution in [3.63, 3.8) is 0 Å². The number of hydrogen-bond acceptors (Lipinski definition) is 8. The lowest BCUT2D eigenvalue weighted by atomic mass is 9.92. The van der Waals surface area contributed by atoms with Crippen LogP contribution in [0.15, 0.2) is 59.3 Å². The second-order valence-corrected chi connectivity index (χ2v) is 21.6. The van der Waals surface area contributed by atoms with Crippen LogP contribution >= 0.6 is 47.3 Å². The Morgan fingerprint density at radius 1 is 1.02 bits per heavy atom. The summed E-state index contributed by atoms with van der Waals surface area (Å²) in [6, 6.07) is 14.1. The third kappa shape index (κ3) is 8.84. The van der Waals surface area contributed by atoms with E-state index in [2.05, 4.69) is 33.9 Å². The van der Waals surface area contributed by atoms with Gasteiger partial charge in [-0.25, -0.2) is 4.79 Å². The van der Waals surface area contributed by atoms with Crippen molar-refractivity contribution in [3.8, 4) is 5.75 Å². The van der Waals surface area contributed by atoms with Crippen LogP contribution in [-0.2, 0) is 18.8 Å². The molecule has 0 saturated carbocycles. The number of halogens is 1. The first-order chi connectivity index (χ1) is 21.2. The summed E-state index contributed by atoms with van der Waals surface area (Å²) in [6.07, 6.45) is -0.422. The van der Waals surface area contributed by atoms with Crippen molar-refractivity contribution in [2.45, 2.75) is 85.0 Å². The molecule has 0 spiro atoms. The summed E-state index contributed by atoms with van der Waals surface area (Å²) >= 11 is 13.8. The molecule has 12 heteroatoms. The molecular formula is C34H44ClNO6S3Si. The van der Waals surface area contributed by atoms with Crippen molar-refractivity contribution >= 4 is 77.5 Å². The number of carbonyl (C=O) groups is 3. The van der Waals surface area contributed by atoms with Gasteiger partial charge in [0.15, 0.2) is 19.1 Å². The number of rotatable bonds is 12. The van der Waals surface area contributed by atoms with E-state index in [9.17, 15) is 19.5 Å². The number of nitrogens with zero attached hydrogens (tertiary/aromatic N) is 1. The summed E-state index contributed by atoms with van der Waals surface area (Å²) in [5, 5.41) is 10.1. The average molecular weight is 722 g/mol. The molecule has 1 amide bonds. The van der Waals surface area contributed by atoms with Gasteiger partial charge in [-0.3, -0.25) is 14.5 Å². The molecule has 0 bridgehead atoms. The third-order valence-electron chi connectivity index (χ3n) is 8.08. The van der Waals surface area contributed by atoms with E-state index in [-0.39, 0.29) is 26.8 Å². The molecule has 1 aliphatic rings. The highest BCUT2D eigenvalue weighted by molar-refractivity contribution is 8.16. The molecule has 1 N–H and O–H groups in total. The topological polar surface area (TPSA) is 93.1 Å². The Morgan fingerprint density at radius 2 is 1.54 bits per heavy atom. The highest BCUT2D eigenvalue weighted by atomic mass is 35.5. The molecule has 3 rings (SSSR count). The average Bonchev–Trinajstić information content (AvgIpc) is 2.94. The fourth-order valence-electron chi connectivity index (χ4n) is 4.41. The Balaban J connectivity index is 2.02. The van der Waals surface area contributed by atoms with Crippen molar-refractivity contribution in [2.24, 2.45) is 11.3 Å².